The number of carboxylic acid groups (broad SMARTS) is 1. The highest BCUT2D eigenvalue weighted by Crippen LogP contribution is 2.48. The molecule has 1 aliphatic heterocycles. The first-order valence-corrected chi connectivity index (χ1v) is 7.89. The second kappa shape index (κ2) is 5.61. The SMILES string of the molecule is O=C(O)/C=C/C=C1[C@@H](O)C[C@H](O)C12Oc1cccc3cccc(c13)O2. The van der Waals surface area contributed by atoms with Crippen LogP contribution in [0.2, 0.25) is 0 Å². The van der Waals surface area contributed by atoms with E-state index < -0.39 is 24.0 Å². The van der Waals surface area contributed by atoms with Gasteiger partial charge in [-0.15, -0.1) is 0 Å². The first kappa shape index (κ1) is 15.7. The number of allylic oxidation sites excluding steroid dienone is 2. The molecule has 2 aromatic carbocycles. The van der Waals surface area contributed by atoms with Gasteiger partial charge in [0.2, 0.25) is 0 Å². The first-order valence-electron chi connectivity index (χ1n) is 7.89. The van der Waals surface area contributed by atoms with Crippen LogP contribution in [0.15, 0.2) is 60.2 Å². The number of benzene rings is 2. The van der Waals surface area contributed by atoms with Crippen molar-refractivity contribution in [2.24, 2.45) is 0 Å². The van der Waals surface area contributed by atoms with E-state index >= 15 is 0 Å². The number of carboxylic acids is 1. The Morgan fingerprint density at radius 2 is 1.76 bits per heavy atom. The van der Waals surface area contributed by atoms with Gasteiger partial charge in [-0.05, 0) is 17.5 Å². The van der Waals surface area contributed by atoms with E-state index in [1.54, 1.807) is 12.1 Å². The molecule has 128 valence electrons. The molecule has 1 heterocycles. The minimum absolute atomic E-state index is 0.0326. The molecule has 1 spiro atoms. The van der Waals surface area contributed by atoms with E-state index in [-0.39, 0.29) is 12.0 Å². The van der Waals surface area contributed by atoms with E-state index in [0.717, 1.165) is 16.8 Å². The van der Waals surface area contributed by atoms with Crippen molar-refractivity contribution in [2.75, 3.05) is 0 Å². The van der Waals surface area contributed by atoms with Crippen LogP contribution in [0.1, 0.15) is 6.42 Å². The molecule has 1 aliphatic carbocycles. The van der Waals surface area contributed by atoms with Gasteiger partial charge in [-0.2, -0.15) is 0 Å². The number of aliphatic hydroxyl groups is 2. The largest absolute Gasteiger partial charge is 0.478 e. The third kappa shape index (κ3) is 2.38. The Morgan fingerprint density at radius 1 is 1.12 bits per heavy atom. The Labute approximate surface area is 143 Å². The summed E-state index contributed by atoms with van der Waals surface area (Å²) in [5.41, 5.74) is 0.281. The predicted octanol–water partition coefficient (Wildman–Crippen LogP) is 2.00. The fraction of sp³-hybridized carbons (Fsp3) is 0.211. The normalized spacial score (nSPS) is 25.4. The Bertz CT molecular complexity index is 873. The highest BCUT2D eigenvalue weighted by atomic mass is 16.7. The average molecular weight is 340 g/mol. The topological polar surface area (TPSA) is 96.2 Å². The van der Waals surface area contributed by atoms with Gasteiger partial charge in [-0.25, -0.2) is 4.79 Å². The van der Waals surface area contributed by atoms with Crippen molar-refractivity contribution in [1.29, 1.82) is 0 Å². The molecule has 2 aliphatic rings. The van der Waals surface area contributed by atoms with E-state index in [1.807, 2.05) is 24.3 Å². The van der Waals surface area contributed by atoms with Gasteiger partial charge >= 0.3 is 11.8 Å². The van der Waals surface area contributed by atoms with Crippen LogP contribution >= 0.6 is 0 Å². The molecule has 1 fully saturated rings. The molecule has 1 saturated carbocycles. The molecule has 2 aromatic rings. The summed E-state index contributed by atoms with van der Waals surface area (Å²) >= 11 is 0. The molecule has 0 aromatic heterocycles. The predicted molar refractivity (Wildman–Crippen MR) is 89.4 cm³/mol. The summed E-state index contributed by atoms with van der Waals surface area (Å²) in [6.45, 7) is 0. The summed E-state index contributed by atoms with van der Waals surface area (Å²) in [5, 5.41) is 31.3. The van der Waals surface area contributed by atoms with Gasteiger partial charge in [-0.3, -0.25) is 0 Å². The van der Waals surface area contributed by atoms with Crippen LogP contribution in [0.3, 0.4) is 0 Å². The second-order valence-corrected chi connectivity index (χ2v) is 6.07. The van der Waals surface area contributed by atoms with E-state index in [9.17, 15) is 15.0 Å². The smallest absolute Gasteiger partial charge is 0.328 e. The molecule has 0 amide bonds. The summed E-state index contributed by atoms with van der Waals surface area (Å²) in [6, 6.07) is 11.1. The third-order valence-electron chi connectivity index (χ3n) is 4.51. The van der Waals surface area contributed by atoms with Crippen molar-refractivity contribution in [3.8, 4) is 11.5 Å². The minimum atomic E-state index is -1.58. The van der Waals surface area contributed by atoms with Crippen molar-refractivity contribution < 1.29 is 29.6 Å². The number of aliphatic hydroxyl groups excluding tert-OH is 2. The van der Waals surface area contributed by atoms with Gasteiger partial charge in [0.15, 0.2) is 0 Å². The van der Waals surface area contributed by atoms with Crippen molar-refractivity contribution >= 4 is 16.7 Å². The molecule has 6 heteroatoms. The van der Waals surface area contributed by atoms with Gasteiger partial charge in [-0.1, -0.05) is 36.4 Å². The van der Waals surface area contributed by atoms with Gasteiger partial charge in [0.25, 0.3) is 0 Å². The van der Waals surface area contributed by atoms with E-state index in [2.05, 4.69) is 0 Å². The zero-order valence-electron chi connectivity index (χ0n) is 13.1. The lowest BCUT2D eigenvalue weighted by molar-refractivity contribution is -0.147. The maximum Gasteiger partial charge on any atom is 0.328 e. The second-order valence-electron chi connectivity index (χ2n) is 6.07. The van der Waals surface area contributed by atoms with Gasteiger partial charge in [0.05, 0.1) is 11.5 Å². The zero-order valence-corrected chi connectivity index (χ0v) is 13.1. The number of hydrogen-bond donors (Lipinski definition) is 3. The highest BCUT2D eigenvalue weighted by Gasteiger charge is 2.57. The van der Waals surface area contributed by atoms with Crippen LogP contribution in [0.5, 0.6) is 11.5 Å². The summed E-state index contributed by atoms with van der Waals surface area (Å²) < 4.78 is 12.0. The molecule has 0 bridgehead atoms. The lowest BCUT2D eigenvalue weighted by Crippen LogP contribution is -2.52. The van der Waals surface area contributed by atoms with Crippen molar-refractivity contribution in [3.63, 3.8) is 0 Å². The van der Waals surface area contributed by atoms with E-state index in [0.29, 0.717) is 11.5 Å². The average Bonchev–Trinajstić information content (AvgIpc) is 2.78. The van der Waals surface area contributed by atoms with Crippen molar-refractivity contribution in [1.82, 2.24) is 0 Å². The maximum absolute atomic E-state index is 10.7. The Balaban J connectivity index is 1.84. The summed E-state index contributed by atoms with van der Waals surface area (Å²) in [7, 11) is 0. The van der Waals surface area contributed by atoms with E-state index in [1.165, 1.54) is 12.2 Å². The standard InChI is InChI=1S/C19H16O6/c20-13-10-16(21)19(12(13)6-3-9-17(22)23)24-14-7-1-4-11-5-2-8-15(25-19)18(11)14/h1-9,13,16,20-21H,10H2,(H,22,23)/b9-3+,12-6?/t13-,16-/m0/s1. The Kier molecular flexibility index (Phi) is 3.52. The fourth-order valence-corrected chi connectivity index (χ4v) is 3.42. The van der Waals surface area contributed by atoms with Gasteiger partial charge in [0.1, 0.15) is 17.6 Å². The van der Waals surface area contributed by atoms with E-state index in [4.69, 9.17) is 14.6 Å². The summed E-state index contributed by atoms with van der Waals surface area (Å²) in [6.07, 6.45) is 1.58. The van der Waals surface area contributed by atoms with Gasteiger partial charge in [0, 0.05) is 18.1 Å². The molecular weight excluding hydrogens is 324 g/mol. The zero-order chi connectivity index (χ0) is 17.6. The van der Waals surface area contributed by atoms with Crippen LogP contribution in [-0.4, -0.2) is 39.3 Å². The van der Waals surface area contributed by atoms with Gasteiger partial charge < -0.3 is 24.8 Å². The quantitative estimate of drug-likeness (QED) is 0.724. The van der Waals surface area contributed by atoms with Crippen LogP contribution in [0, 0.1) is 0 Å². The molecule has 0 saturated heterocycles. The number of ether oxygens (including phenoxy) is 2. The molecule has 6 nitrogen and oxygen atoms in total. The Hall–Kier alpha value is -2.83. The molecule has 0 unspecified atom stereocenters. The summed E-state index contributed by atoms with van der Waals surface area (Å²) in [5.74, 6) is -1.61. The van der Waals surface area contributed by atoms with Crippen LogP contribution < -0.4 is 9.47 Å². The van der Waals surface area contributed by atoms with Crippen LogP contribution in [-0.2, 0) is 4.79 Å². The lowest BCUT2D eigenvalue weighted by atomic mass is 10.0. The van der Waals surface area contributed by atoms with Crippen LogP contribution in [0.4, 0.5) is 0 Å². The molecule has 25 heavy (non-hydrogen) atoms. The molecular formula is C19H16O6. The third-order valence-corrected chi connectivity index (χ3v) is 4.51. The maximum atomic E-state index is 10.7. The molecule has 3 N–H and O–H groups in total. The lowest BCUT2D eigenvalue weighted by Gasteiger charge is -2.38. The highest BCUT2D eigenvalue weighted by molar-refractivity contribution is 5.94. The Morgan fingerprint density at radius 3 is 2.36 bits per heavy atom. The fourth-order valence-electron chi connectivity index (χ4n) is 3.42. The van der Waals surface area contributed by atoms with Crippen molar-refractivity contribution in [3.05, 3.63) is 60.2 Å². The number of aliphatic carboxylic acids is 1. The minimum Gasteiger partial charge on any atom is -0.478 e. The molecule has 4 rings (SSSR count). The van der Waals surface area contributed by atoms with Crippen LogP contribution in [0.25, 0.3) is 10.8 Å². The monoisotopic (exact) mass is 340 g/mol. The number of carbonyl (C=O) groups is 1. The summed E-state index contributed by atoms with van der Waals surface area (Å²) in [4.78, 5) is 10.7. The van der Waals surface area contributed by atoms with Crippen molar-refractivity contribution in [2.45, 2.75) is 24.4 Å². The number of hydrogen-bond acceptors (Lipinski definition) is 5. The first-order chi connectivity index (χ1) is 12.0. The number of rotatable bonds is 2. The molecule has 0 radical (unpaired) electrons. The molecule has 2 atom stereocenters.